The molecule has 2 aromatic heterocycles. The fourth-order valence-corrected chi connectivity index (χ4v) is 2.26. The highest BCUT2D eigenvalue weighted by Gasteiger charge is 2.22. The molecule has 2 aromatic rings. The first-order valence-corrected chi connectivity index (χ1v) is 6.29. The van der Waals surface area contributed by atoms with Crippen LogP contribution in [0, 0.1) is 17.1 Å². The Hall–Kier alpha value is -2.28. The van der Waals surface area contributed by atoms with Crippen molar-refractivity contribution in [2.45, 2.75) is 25.2 Å². The minimum atomic E-state index is -0.377. The van der Waals surface area contributed by atoms with Gasteiger partial charge in [0.15, 0.2) is 0 Å². The van der Waals surface area contributed by atoms with Crippen LogP contribution in [-0.4, -0.2) is 9.97 Å². The number of aromatic nitrogens is 2. The summed E-state index contributed by atoms with van der Waals surface area (Å²) in [5, 5.41) is 9.06. The molecule has 1 aliphatic carbocycles. The van der Waals surface area contributed by atoms with Gasteiger partial charge in [-0.3, -0.25) is 4.98 Å². The van der Waals surface area contributed by atoms with Crippen molar-refractivity contribution >= 4 is 0 Å². The van der Waals surface area contributed by atoms with Gasteiger partial charge in [0.2, 0.25) is 0 Å². The monoisotopic (exact) mass is 253 g/mol. The summed E-state index contributed by atoms with van der Waals surface area (Å²) in [5.41, 5.74) is 2.80. The first-order valence-electron chi connectivity index (χ1n) is 6.29. The fourth-order valence-electron chi connectivity index (χ4n) is 2.26. The van der Waals surface area contributed by atoms with E-state index in [2.05, 4.69) is 16.0 Å². The van der Waals surface area contributed by atoms with Gasteiger partial charge in [-0.2, -0.15) is 5.26 Å². The van der Waals surface area contributed by atoms with Crippen LogP contribution in [0.25, 0.3) is 11.1 Å². The van der Waals surface area contributed by atoms with Gasteiger partial charge in [0.05, 0.1) is 6.20 Å². The third-order valence-electron chi connectivity index (χ3n) is 3.52. The SMILES string of the molecule is N#Cc1cc(-c2cncc(F)c2)cc(C2CCC2)n1. The maximum Gasteiger partial charge on any atom is 0.142 e. The fraction of sp³-hybridized carbons (Fsp3) is 0.267. The highest BCUT2D eigenvalue weighted by molar-refractivity contribution is 5.64. The van der Waals surface area contributed by atoms with Crippen LogP contribution in [0.3, 0.4) is 0 Å². The summed E-state index contributed by atoms with van der Waals surface area (Å²) in [5.74, 6) is 0.0617. The van der Waals surface area contributed by atoms with Gasteiger partial charge in [-0.15, -0.1) is 0 Å². The molecule has 0 aromatic carbocycles. The Morgan fingerprint density at radius 3 is 2.63 bits per heavy atom. The van der Waals surface area contributed by atoms with E-state index in [9.17, 15) is 4.39 Å². The minimum absolute atomic E-state index is 0.377. The van der Waals surface area contributed by atoms with Crippen LogP contribution < -0.4 is 0 Å². The van der Waals surface area contributed by atoms with Gasteiger partial charge < -0.3 is 0 Å². The summed E-state index contributed by atoms with van der Waals surface area (Å²) in [4.78, 5) is 8.19. The Kier molecular flexibility index (Phi) is 2.96. The summed E-state index contributed by atoms with van der Waals surface area (Å²) in [6.07, 6.45) is 6.21. The smallest absolute Gasteiger partial charge is 0.142 e. The molecule has 3 nitrogen and oxygen atoms in total. The van der Waals surface area contributed by atoms with Crippen molar-refractivity contribution in [3.05, 3.63) is 47.8 Å². The zero-order valence-electron chi connectivity index (χ0n) is 10.3. The molecule has 0 amide bonds. The molecule has 0 radical (unpaired) electrons. The maximum atomic E-state index is 13.2. The van der Waals surface area contributed by atoms with Gasteiger partial charge in [-0.25, -0.2) is 9.37 Å². The summed E-state index contributed by atoms with van der Waals surface area (Å²) in [7, 11) is 0. The van der Waals surface area contributed by atoms with Crippen LogP contribution in [-0.2, 0) is 0 Å². The van der Waals surface area contributed by atoms with Gasteiger partial charge >= 0.3 is 0 Å². The number of pyridine rings is 2. The second kappa shape index (κ2) is 4.77. The normalized spacial score (nSPS) is 14.7. The van der Waals surface area contributed by atoms with Gasteiger partial charge in [-0.1, -0.05) is 6.42 Å². The number of hydrogen-bond donors (Lipinski definition) is 0. The number of nitriles is 1. The Morgan fingerprint density at radius 1 is 1.16 bits per heavy atom. The third-order valence-corrected chi connectivity index (χ3v) is 3.52. The van der Waals surface area contributed by atoms with Crippen LogP contribution in [0.1, 0.15) is 36.6 Å². The van der Waals surface area contributed by atoms with E-state index in [0.717, 1.165) is 24.1 Å². The summed E-state index contributed by atoms with van der Waals surface area (Å²) in [6.45, 7) is 0. The Balaban J connectivity index is 2.07. The highest BCUT2D eigenvalue weighted by Crippen LogP contribution is 2.36. The number of halogens is 1. The first kappa shape index (κ1) is 11.8. The summed E-state index contributed by atoms with van der Waals surface area (Å²) in [6, 6.07) is 7.12. The van der Waals surface area contributed by atoms with Crippen molar-refractivity contribution in [3.8, 4) is 17.2 Å². The quantitative estimate of drug-likeness (QED) is 0.823. The zero-order chi connectivity index (χ0) is 13.2. The molecule has 0 bridgehead atoms. The molecule has 0 saturated heterocycles. The van der Waals surface area contributed by atoms with E-state index in [1.165, 1.54) is 18.7 Å². The molecule has 0 spiro atoms. The van der Waals surface area contributed by atoms with Crippen molar-refractivity contribution in [1.29, 1.82) is 5.26 Å². The predicted octanol–water partition coefficient (Wildman–Crippen LogP) is 3.42. The predicted molar refractivity (Wildman–Crippen MR) is 68.7 cm³/mol. The van der Waals surface area contributed by atoms with Crippen LogP contribution >= 0.6 is 0 Å². The Labute approximate surface area is 110 Å². The van der Waals surface area contributed by atoms with E-state index >= 15 is 0 Å². The van der Waals surface area contributed by atoms with E-state index in [-0.39, 0.29) is 5.82 Å². The van der Waals surface area contributed by atoms with E-state index < -0.39 is 0 Å². The summed E-state index contributed by atoms with van der Waals surface area (Å²) < 4.78 is 13.2. The van der Waals surface area contributed by atoms with Gasteiger partial charge in [0, 0.05) is 23.4 Å². The molecular formula is C15H12FN3. The van der Waals surface area contributed by atoms with Gasteiger partial charge in [0.1, 0.15) is 17.6 Å². The van der Waals surface area contributed by atoms with E-state index in [1.54, 1.807) is 12.3 Å². The molecule has 0 unspecified atom stereocenters. The molecule has 1 fully saturated rings. The molecule has 4 heteroatoms. The average Bonchev–Trinajstić information content (AvgIpc) is 2.36. The van der Waals surface area contributed by atoms with Crippen LogP contribution in [0.4, 0.5) is 4.39 Å². The lowest BCUT2D eigenvalue weighted by molar-refractivity contribution is 0.411. The molecule has 0 aliphatic heterocycles. The Bertz CT molecular complexity index is 657. The molecule has 19 heavy (non-hydrogen) atoms. The van der Waals surface area contributed by atoms with Crippen molar-refractivity contribution in [1.82, 2.24) is 9.97 Å². The largest absolute Gasteiger partial charge is 0.261 e. The number of hydrogen-bond acceptors (Lipinski definition) is 3. The molecule has 0 atom stereocenters. The lowest BCUT2D eigenvalue weighted by Crippen LogP contribution is -2.11. The Morgan fingerprint density at radius 2 is 2.00 bits per heavy atom. The zero-order valence-corrected chi connectivity index (χ0v) is 10.3. The van der Waals surface area contributed by atoms with Crippen LogP contribution in [0.5, 0.6) is 0 Å². The average molecular weight is 253 g/mol. The van der Waals surface area contributed by atoms with E-state index in [1.807, 2.05) is 6.07 Å². The highest BCUT2D eigenvalue weighted by atomic mass is 19.1. The van der Waals surface area contributed by atoms with Gasteiger partial charge in [-0.05, 0) is 36.6 Å². The maximum absolute atomic E-state index is 13.2. The number of nitrogens with zero attached hydrogens (tertiary/aromatic N) is 3. The molecule has 0 N–H and O–H groups in total. The second-order valence-corrected chi connectivity index (χ2v) is 4.80. The molecule has 2 heterocycles. The topological polar surface area (TPSA) is 49.6 Å². The van der Waals surface area contributed by atoms with Crippen molar-refractivity contribution in [2.75, 3.05) is 0 Å². The number of rotatable bonds is 2. The summed E-state index contributed by atoms with van der Waals surface area (Å²) >= 11 is 0. The molecule has 1 aliphatic rings. The molecular weight excluding hydrogens is 241 g/mol. The van der Waals surface area contributed by atoms with Crippen LogP contribution in [0.2, 0.25) is 0 Å². The standard InChI is InChI=1S/C15H12FN3/c16-13-4-12(8-18-9-13)11-5-14(7-17)19-15(6-11)10-2-1-3-10/h4-6,8-10H,1-3H2. The lowest BCUT2D eigenvalue weighted by atomic mass is 9.82. The van der Waals surface area contributed by atoms with Crippen LogP contribution in [0.15, 0.2) is 30.6 Å². The second-order valence-electron chi connectivity index (χ2n) is 4.80. The van der Waals surface area contributed by atoms with E-state index in [0.29, 0.717) is 17.2 Å². The molecule has 1 saturated carbocycles. The minimum Gasteiger partial charge on any atom is -0.261 e. The first-order chi connectivity index (χ1) is 9.26. The van der Waals surface area contributed by atoms with Gasteiger partial charge in [0.25, 0.3) is 0 Å². The molecule has 94 valence electrons. The third kappa shape index (κ3) is 2.32. The van der Waals surface area contributed by atoms with Crippen molar-refractivity contribution < 1.29 is 4.39 Å². The van der Waals surface area contributed by atoms with Crippen molar-refractivity contribution in [2.24, 2.45) is 0 Å². The lowest BCUT2D eigenvalue weighted by Gasteiger charge is -2.25. The van der Waals surface area contributed by atoms with Crippen molar-refractivity contribution in [3.63, 3.8) is 0 Å². The molecule has 3 rings (SSSR count). The van der Waals surface area contributed by atoms with E-state index in [4.69, 9.17) is 5.26 Å².